The molecule has 3 N–H and O–H groups in total. The number of nitrogens with zero attached hydrogens (tertiary/aromatic N) is 1. The molecular weight excluding hydrogens is 226 g/mol. The predicted octanol–water partition coefficient (Wildman–Crippen LogP) is 1.10. The first-order valence-corrected chi connectivity index (χ1v) is 7.24. The highest BCUT2D eigenvalue weighted by Gasteiger charge is 2.46. The Morgan fingerprint density at radius 2 is 2.17 bits per heavy atom. The molecule has 0 spiro atoms. The number of rotatable bonds is 4. The van der Waals surface area contributed by atoms with E-state index in [0.29, 0.717) is 12.1 Å². The number of amides is 1. The summed E-state index contributed by atoms with van der Waals surface area (Å²) in [5.41, 5.74) is 5.18. The van der Waals surface area contributed by atoms with Crippen LogP contribution >= 0.6 is 0 Å². The van der Waals surface area contributed by atoms with Gasteiger partial charge in [0.1, 0.15) is 0 Å². The van der Waals surface area contributed by atoms with Crippen molar-refractivity contribution in [2.45, 2.75) is 64.1 Å². The number of hydrogen-bond donors (Lipinski definition) is 2. The molecule has 0 radical (unpaired) electrons. The van der Waals surface area contributed by atoms with E-state index in [9.17, 15) is 4.79 Å². The minimum Gasteiger partial charge on any atom is -0.368 e. The number of hydrogen-bond acceptors (Lipinski definition) is 3. The highest BCUT2D eigenvalue weighted by molar-refractivity contribution is 5.85. The zero-order chi connectivity index (χ0) is 13.3. The van der Waals surface area contributed by atoms with E-state index in [2.05, 4.69) is 31.0 Å². The second-order valence-corrected chi connectivity index (χ2v) is 6.53. The summed E-state index contributed by atoms with van der Waals surface area (Å²) in [6.45, 7) is 8.83. The van der Waals surface area contributed by atoms with Crippen molar-refractivity contribution in [2.24, 2.45) is 11.7 Å². The van der Waals surface area contributed by atoms with Crippen molar-refractivity contribution in [1.29, 1.82) is 0 Å². The van der Waals surface area contributed by atoms with E-state index in [0.717, 1.165) is 25.2 Å². The van der Waals surface area contributed by atoms with Crippen LogP contribution in [0.1, 0.15) is 46.5 Å². The van der Waals surface area contributed by atoms with Gasteiger partial charge in [0.2, 0.25) is 5.91 Å². The smallest absolute Gasteiger partial charge is 0.237 e. The predicted molar refractivity (Wildman–Crippen MR) is 73.2 cm³/mol. The summed E-state index contributed by atoms with van der Waals surface area (Å²) in [5.74, 6) is 0.623. The quantitative estimate of drug-likeness (QED) is 0.789. The van der Waals surface area contributed by atoms with Gasteiger partial charge in [0.05, 0.1) is 5.54 Å². The molecule has 1 aliphatic heterocycles. The van der Waals surface area contributed by atoms with Gasteiger partial charge in [0.25, 0.3) is 0 Å². The maximum absolute atomic E-state index is 11.8. The van der Waals surface area contributed by atoms with Crippen molar-refractivity contribution >= 4 is 5.91 Å². The first-order valence-electron chi connectivity index (χ1n) is 7.24. The molecule has 1 heterocycles. The van der Waals surface area contributed by atoms with Gasteiger partial charge in [-0.05, 0) is 52.0 Å². The molecule has 4 heteroatoms. The van der Waals surface area contributed by atoms with Crippen LogP contribution < -0.4 is 11.1 Å². The van der Waals surface area contributed by atoms with E-state index < -0.39 is 5.54 Å². The standard InChI is InChI=1S/C14H27N3O/c1-10(2)16-14(13(15)18)6-4-12(8-14)17-7-5-11(3)9-17/h10-12,16H,4-9H2,1-3H3,(H2,15,18). The largest absolute Gasteiger partial charge is 0.368 e. The summed E-state index contributed by atoms with van der Waals surface area (Å²) in [6, 6.07) is 0.836. The number of primary amides is 1. The maximum atomic E-state index is 11.8. The van der Waals surface area contributed by atoms with Crippen molar-refractivity contribution in [3.63, 3.8) is 0 Å². The van der Waals surface area contributed by atoms with Crippen LogP contribution in [0.3, 0.4) is 0 Å². The summed E-state index contributed by atoms with van der Waals surface area (Å²) in [4.78, 5) is 14.4. The molecule has 2 fully saturated rings. The van der Waals surface area contributed by atoms with Gasteiger partial charge in [-0.25, -0.2) is 0 Å². The minimum atomic E-state index is -0.468. The summed E-state index contributed by atoms with van der Waals surface area (Å²) in [7, 11) is 0. The van der Waals surface area contributed by atoms with Crippen LogP contribution in [0.25, 0.3) is 0 Å². The van der Waals surface area contributed by atoms with Crippen molar-refractivity contribution in [2.75, 3.05) is 13.1 Å². The third kappa shape index (κ3) is 2.69. The lowest BCUT2D eigenvalue weighted by Gasteiger charge is -2.31. The maximum Gasteiger partial charge on any atom is 0.237 e. The van der Waals surface area contributed by atoms with E-state index in [4.69, 9.17) is 5.73 Å². The molecule has 1 saturated heterocycles. The molecule has 3 unspecified atom stereocenters. The van der Waals surface area contributed by atoms with Gasteiger partial charge < -0.3 is 16.0 Å². The zero-order valence-electron chi connectivity index (χ0n) is 11.9. The van der Waals surface area contributed by atoms with Gasteiger partial charge in [-0.3, -0.25) is 4.79 Å². The molecule has 1 saturated carbocycles. The second kappa shape index (κ2) is 5.17. The molecule has 2 aliphatic rings. The Bertz CT molecular complexity index is 318. The zero-order valence-corrected chi connectivity index (χ0v) is 11.9. The van der Waals surface area contributed by atoms with Crippen LogP contribution in [0.4, 0.5) is 0 Å². The van der Waals surface area contributed by atoms with Gasteiger partial charge in [-0.2, -0.15) is 0 Å². The molecule has 104 valence electrons. The third-order valence-corrected chi connectivity index (χ3v) is 4.50. The van der Waals surface area contributed by atoms with E-state index >= 15 is 0 Å². The molecule has 1 aliphatic carbocycles. The molecule has 1 amide bonds. The Labute approximate surface area is 110 Å². The monoisotopic (exact) mass is 253 g/mol. The fraction of sp³-hybridized carbons (Fsp3) is 0.929. The Morgan fingerprint density at radius 1 is 1.44 bits per heavy atom. The van der Waals surface area contributed by atoms with Crippen LogP contribution in [-0.4, -0.2) is 41.5 Å². The van der Waals surface area contributed by atoms with Crippen LogP contribution in [0, 0.1) is 5.92 Å². The SMILES string of the molecule is CC1CCN(C2CCC(NC(C)C)(C(N)=O)C2)C1. The van der Waals surface area contributed by atoms with Gasteiger partial charge in [0, 0.05) is 18.6 Å². The molecule has 0 bridgehead atoms. The van der Waals surface area contributed by atoms with Crippen LogP contribution in [0.15, 0.2) is 0 Å². The summed E-state index contributed by atoms with van der Waals surface area (Å²) < 4.78 is 0. The lowest BCUT2D eigenvalue weighted by Crippen LogP contribution is -2.56. The molecule has 3 atom stereocenters. The minimum absolute atomic E-state index is 0.175. The molecular formula is C14H27N3O. The van der Waals surface area contributed by atoms with E-state index in [1.807, 2.05) is 0 Å². The number of carbonyl (C=O) groups excluding carboxylic acids is 1. The Morgan fingerprint density at radius 3 is 2.67 bits per heavy atom. The van der Waals surface area contributed by atoms with Crippen molar-refractivity contribution in [1.82, 2.24) is 10.2 Å². The Balaban J connectivity index is 2.01. The van der Waals surface area contributed by atoms with Crippen molar-refractivity contribution in [3.05, 3.63) is 0 Å². The first-order chi connectivity index (χ1) is 8.43. The summed E-state index contributed by atoms with van der Waals surface area (Å²) in [5, 5.41) is 3.42. The number of nitrogens with two attached hydrogens (primary N) is 1. The summed E-state index contributed by atoms with van der Waals surface area (Å²) in [6.07, 6.45) is 4.15. The van der Waals surface area contributed by atoms with Gasteiger partial charge in [-0.1, -0.05) is 6.92 Å². The molecule has 2 rings (SSSR count). The summed E-state index contributed by atoms with van der Waals surface area (Å²) >= 11 is 0. The lowest BCUT2D eigenvalue weighted by atomic mass is 9.95. The van der Waals surface area contributed by atoms with Gasteiger partial charge in [-0.15, -0.1) is 0 Å². The number of carbonyl (C=O) groups is 1. The topological polar surface area (TPSA) is 58.4 Å². The Hall–Kier alpha value is -0.610. The van der Waals surface area contributed by atoms with E-state index in [-0.39, 0.29) is 5.91 Å². The molecule has 4 nitrogen and oxygen atoms in total. The van der Waals surface area contributed by atoms with Gasteiger partial charge in [0.15, 0.2) is 0 Å². The molecule has 0 aromatic heterocycles. The fourth-order valence-electron chi connectivity index (χ4n) is 3.61. The highest BCUT2D eigenvalue weighted by Crippen LogP contribution is 2.35. The molecule has 18 heavy (non-hydrogen) atoms. The molecule has 0 aromatic carbocycles. The highest BCUT2D eigenvalue weighted by atomic mass is 16.1. The van der Waals surface area contributed by atoms with Crippen molar-refractivity contribution < 1.29 is 4.79 Å². The normalized spacial score (nSPS) is 37.6. The lowest BCUT2D eigenvalue weighted by molar-refractivity contribution is -0.124. The average Bonchev–Trinajstić information content (AvgIpc) is 2.84. The molecule has 0 aromatic rings. The third-order valence-electron chi connectivity index (χ3n) is 4.50. The number of likely N-dealkylation sites (tertiary alicyclic amines) is 1. The van der Waals surface area contributed by atoms with Crippen LogP contribution in [-0.2, 0) is 4.79 Å². The van der Waals surface area contributed by atoms with E-state index in [1.165, 1.54) is 19.5 Å². The van der Waals surface area contributed by atoms with Crippen LogP contribution in [0.2, 0.25) is 0 Å². The van der Waals surface area contributed by atoms with Gasteiger partial charge >= 0.3 is 0 Å². The van der Waals surface area contributed by atoms with E-state index in [1.54, 1.807) is 0 Å². The number of nitrogens with one attached hydrogen (secondary N) is 1. The fourth-order valence-corrected chi connectivity index (χ4v) is 3.61. The average molecular weight is 253 g/mol. The first kappa shape index (κ1) is 13.8. The Kier molecular flexibility index (Phi) is 3.97. The van der Waals surface area contributed by atoms with Crippen molar-refractivity contribution in [3.8, 4) is 0 Å². The van der Waals surface area contributed by atoms with Crippen LogP contribution in [0.5, 0.6) is 0 Å². The second-order valence-electron chi connectivity index (χ2n) is 6.53.